The molecule has 0 saturated carbocycles. The van der Waals surface area contributed by atoms with Crippen molar-refractivity contribution in [2.45, 2.75) is 39.0 Å². The third-order valence-electron chi connectivity index (χ3n) is 2.58. The molecule has 0 bridgehead atoms. The van der Waals surface area contributed by atoms with Crippen LogP contribution in [0.25, 0.3) is 0 Å². The first-order valence-corrected chi connectivity index (χ1v) is 10.2. The molecule has 0 rings (SSSR count). The number of hydrogen-bond donors (Lipinski definition) is 0. The van der Waals surface area contributed by atoms with Crippen molar-refractivity contribution >= 4 is 17.4 Å². The van der Waals surface area contributed by atoms with Crippen LogP contribution in [0.5, 0.6) is 0 Å². The Balaban J connectivity index is 4.56. The Hall–Kier alpha value is 0.354. The highest BCUT2D eigenvalue weighted by Crippen LogP contribution is 2.18. The van der Waals surface area contributed by atoms with Gasteiger partial charge in [-0.1, -0.05) is 33.5 Å². The van der Waals surface area contributed by atoms with Crippen LogP contribution in [0.4, 0.5) is 0 Å². The van der Waals surface area contributed by atoms with Gasteiger partial charge in [-0.2, -0.15) is 0 Å². The highest BCUT2D eigenvalue weighted by molar-refractivity contribution is 6.82. The number of hydrogen-bond acceptors (Lipinski definition) is 2. The van der Waals surface area contributed by atoms with Crippen molar-refractivity contribution in [1.29, 1.82) is 0 Å². The number of rotatable bonds is 4. The van der Waals surface area contributed by atoms with Crippen molar-refractivity contribution in [3.63, 3.8) is 0 Å². The zero-order valence-electron chi connectivity index (χ0n) is 10.5. The second kappa shape index (κ2) is 4.73. The molecule has 0 heterocycles. The van der Waals surface area contributed by atoms with E-state index in [1.54, 1.807) is 0 Å². The zero-order valence-corrected chi connectivity index (χ0v) is 12.7. The first-order valence-electron chi connectivity index (χ1n) is 5.07. The smallest absolute Gasteiger partial charge is 0.185 e. The molecular formula is C9H26N2Si2. The van der Waals surface area contributed by atoms with Gasteiger partial charge in [0.2, 0.25) is 0 Å². The molecule has 0 aliphatic carbocycles. The highest BCUT2D eigenvalue weighted by atomic mass is 28.4. The Morgan fingerprint density at radius 1 is 1.00 bits per heavy atom. The molecule has 2 nitrogen and oxygen atoms in total. The van der Waals surface area contributed by atoms with E-state index >= 15 is 0 Å². The maximum Gasteiger partial charge on any atom is 0.185 e. The van der Waals surface area contributed by atoms with Crippen LogP contribution in [0.2, 0.25) is 25.2 Å². The second-order valence-corrected chi connectivity index (χ2v) is 14.9. The van der Waals surface area contributed by atoms with Gasteiger partial charge in [0.15, 0.2) is 9.12 Å². The van der Waals surface area contributed by atoms with Gasteiger partial charge in [0.25, 0.3) is 0 Å². The first kappa shape index (κ1) is 13.4. The lowest BCUT2D eigenvalue weighted by Gasteiger charge is -2.41. The van der Waals surface area contributed by atoms with Gasteiger partial charge in [-0.15, -0.1) is 0 Å². The predicted octanol–water partition coefficient (Wildman–Crippen LogP) is 1.95. The Kier molecular flexibility index (Phi) is 4.86. The first-order chi connectivity index (χ1) is 5.68. The molecule has 0 aliphatic rings. The van der Waals surface area contributed by atoms with Gasteiger partial charge in [0.1, 0.15) is 8.24 Å². The maximum absolute atomic E-state index is 2.71. The molecule has 13 heavy (non-hydrogen) atoms. The van der Waals surface area contributed by atoms with E-state index < -0.39 is 17.4 Å². The number of nitrogens with zero attached hydrogens (tertiary/aromatic N) is 2. The predicted molar refractivity (Wildman–Crippen MR) is 67.0 cm³/mol. The largest absolute Gasteiger partial charge is 0.339 e. The average molecular weight is 218 g/mol. The van der Waals surface area contributed by atoms with Gasteiger partial charge in [0, 0.05) is 0 Å². The van der Waals surface area contributed by atoms with Crippen LogP contribution in [0.1, 0.15) is 13.8 Å². The molecule has 0 spiro atoms. The van der Waals surface area contributed by atoms with Crippen molar-refractivity contribution in [3.8, 4) is 0 Å². The van der Waals surface area contributed by atoms with Crippen molar-refractivity contribution in [1.82, 2.24) is 8.80 Å². The van der Waals surface area contributed by atoms with Crippen molar-refractivity contribution < 1.29 is 0 Å². The minimum absolute atomic E-state index is 0.826. The van der Waals surface area contributed by atoms with Crippen LogP contribution in [0, 0.1) is 0 Å². The molecular weight excluding hydrogens is 192 g/mol. The molecule has 1 unspecified atom stereocenters. The lowest BCUT2D eigenvalue weighted by molar-refractivity contribution is 0.547. The summed E-state index contributed by atoms with van der Waals surface area (Å²) in [4.78, 5) is 0. The lowest BCUT2D eigenvalue weighted by atomic mass is 10.6. The SMILES string of the molecule is CC(C)[SiH](N(C)C)N(C)[Si](C)(C)C. The Labute approximate surface area is 86.8 Å². The van der Waals surface area contributed by atoms with Gasteiger partial charge in [-0.05, 0) is 26.7 Å². The Morgan fingerprint density at radius 2 is 1.38 bits per heavy atom. The van der Waals surface area contributed by atoms with E-state index in [0.29, 0.717) is 0 Å². The topological polar surface area (TPSA) is 6.48 Å². The molecule has 1 atom stereocenters. The summed E-state index contributed by atoms with van der Waals surface area (Å²) in [5.74, 6) is 0. The quantitative estimate of drug-likeness (QED) is 0.666. The fourth-order valence-electron chi connectivity index (χ4n) is 1.79. The summed E-state index contributed by atoms with van der Waals surface area (Å²) < 4.78 is 5.17. The minimum atomic E-state index is -1.10. The van der Waals surface area contributed by atoms with Crippen LogP contribution in [-0.4, -0.2) is 47.3 Å². The molecule has 0 N–H and O–H groups in total. The summed E-state index contributed by atoms with van der Waals surface area (Å²) in [5.41, 5.74) is 0.826. The van der Waals surface area contributed by atoms with Gasteiger partial charge >= 0.3 is 0 Å². The van der Waals surface area contributed by atoms with Crippen LogP contribution in [-0.2, 0) is 0 Å². The molecule has 0 aromatic heterocycles. The maximum atomic E-state index is 2.71. The van der Waals surface area contributed by atoms with Gasteiger partial charge < -0.3 is 8.80 Å². The fraction of sp³-hybridized carbons (Fsp3) is 1.00. The van der Waals surface area contributed by atoms with Gasteiger partial charge in [-0.3, -0.25) is 0 Å². The van der Waals surface area contributed by atoms with Crippen LogP contribution in [0.15, 0.2) is 0 Å². The van der Waals surface area contributed by atoms with Crippen LogP contribution < -0.4 is 0 Å². The molecule has 4 heteroatoms. The van der Waals surface area contributed by atoms with E-state index in [1.807, 2.05) is 0 Å². The summed E-state index contributed by atoms with van der Waals surface area (Å²) in [6.45, 7) is 12.0. The molecule has 80 valence electrons. The normalized spacial score (nSPS) is 15.9. The van der Waals surface area contributed by atoms with Crippen molar-refractivity contribution in [2.75, 3.05) is 21.1 Å². The summed E-state index contributed by atoms with van der Waals surface area (Å²) in [6, 6.07) is 0. The van der Waals surface area contributed by atoms with Crippen LogP contribution in [0.3, 0.4) is 0 Å². The minimum Gasteiger partial charge on any atom is -0.339 e. The Morgan fingerprint density at radius 3 is 1.46 bits per heavy atom. The van der Waals surface area contributed by atoms with E-state index in [9.17, 15) is 0 Å². The molecule has 0 amide bonds. The molecule has 0 fully saturated rings. The fourth-order valence-corrected chi connectivity index (χ4v) is 9.33. The molecule has 0 radical (unpaired) electrons. The molecule has 0 aromatic rings. The lowest BCUT2D eigenvalue weighted by Crippen LogP contribution is -2.59. The van der Waals surface area contributed by atoms with E-state index in [0.717, 1.165) is 5.54 Å². The third-order valence-corrected chi connectivity index (χ3v) is 10.9. The second-order valence-electron chi connectivity index (χ2n) is 5.40. The standard InChI is InChI=1S/C9H26N2Si2/c1-9(2)12(10(3)4)11(5)13(6,7)8/h9,12H,1-8H3. The van der Waals surface area contributed by atoms with E-state index in [-0.39, 0.29) is 0 Å². The van der Waals surface area contributed by atoms with Crippen molar-refractivity contribution in [3.05, 3.63) is 0 Å². The summed E-state index contributed by atoms with van der Waals surface area (Å²) in [6.07, 6.45) is 0. The average Bonchev–Trinajstić information content (AvgIpc) is 1.82. The zero-order chi connectivity index (χ0) is 10.8. The molecule has 0 aliphatic heterocycles. The molecule has 0 aromatic carbocycles. The Bertz CT molecular complexity index is 144. The van der Waals surface area contributed by atoms with Gasteiger partial charge in [0.05, 0.1) is 0 Å². The van der Waals surface area contributed by atoms with E-state index in [4.69, 9.17) is 0 Å². The summed E-state index contributed by atoms with van der Waals surface area (Å²) in [5, 5.41) is 0. The van der Waals surface area contributed by atoms with E-state index in [2.05, 4.69) is 63.4 Å². The summed E-state index contributed by atoms with van der Waals surface area (Å²) >= 11 is 0. The third kappa shape index (κ3) is 3.93. The highest BCUT2D eigenvalue weighted by Gasteiger charge is 2.31. The van der Waals surface area contributed by atoms with Crippen LogP contribution >= 0.6 is 0 Å². The summed E-state index contributed by atoms with van der Waals surface area (Å²) in [7, 11) is 4.81. The van der Waals surface area contributed by atoms with E-state index in [1.165, 1.54) is 0 Å². The monoisotopic (exact) mass is 218 g/mol. The van der Waals surface area contributed by atoms with Crippen molar-refractivity contribution in [2.24, 2.45) is 0 Å². The molecule has 0 saturated heterocycles. The van der Waals surface area contributed by atoms with Gasteiger partial charge in [-0.25, -0.2) is 0 Å².